The summed E-state index contributed by atoms with van der Waals surface area (Å²) in [5.41, 5.74) is 6.66. The number of nitrogens with one attached hydrogen (secondary N) is 1. The Hall–Kier alpha value is -1.88. The summed E-state index contributed by atoms with van der Waals surface area (Å²) in [4.78, 5) is 20.5. The summed E-state index contributed by atoms with van der Waals surface area (Å²) < 4.78 is 25.5. The predicted octanol–water partition coefficient (Wildman–Crippen LogP) is 2.39. The molecule has 0 aliphatic heterocycles. The van der Waals surface area contributed by atoms with Gasteiger partial charge in [0.05, 0.1) is 15.6 Å². The zero-order valence-corrected chi connectivity index (χ0v) is 17.5. The van der Waals surface area contributed by atoms with Gasteiger partial charge < -0.3 is 11.1 Å². The second kappa shape index (κ2) is 8.87. The SMILES string of the molecule is Cc1cc(N)nc(SCCC(=O)Nc2cc(S(=O)(=O)N(C)C)ccc2Cl)n1. The molecule has 0 fully saturated rings. The minimum atomic E-state index is -3.62. The number of carbonyl (C=O) groups excluding carboxylic acids is 1. The summed E-state index contributed by atoms with van der Waals surface area (Å²) >= 11 is 7.38. The van der Waals surface area contributed by atoms with Crippen molar-refractivity contribution in [1.29, 1.82) is 0 Å². The first-order valence-corrected chi connectivity index (χ1v) is 10.7. The number of nitrogen functional groups attached to an aromatic ring is 1. The third kappa shape index (κ3) is 5.80. The van der Waals surface area contributed by atoms with Crippen molar-refractivity contribution in [1.82, 2.24) is 14.3 Å². The summed E-state index contributed by atoms with van der Waals surface area (Å²) in [5, 5.41) is 3.39. The number of sulfonamides is 1. The van der Waals surface area contributed by atoms with Crippen molar-refractivity contribution in [2.45, 2.75) is 23.4 Å². The zero-order valence-electron chi connectivity index (χ0n) is 15.1. The molecule has 11 heteroatoms. The van der Waals surface area contributed by atoms with Gasteiger partial charge in [-0.3, -0.25) is 4.79 Å². The molecule has 0 saturated heterocycles. The van der Waals surface area contributed by atoms with E-state index in [1.165, 1.54) is 44.1 Å². The maximum absolute atomic E-state index is 12.2. The molecule has 146 valence electrons. The number of anilines is 2. The Bertz CT molecular complexity index is 931. The molecule has 0 saturated carbocycles. The molecule has 27 heavy (non-hydrogen) atoms. The van der Waals surface area contributed by atoms with Crippen molar-refractivity contribution in [3.8, 4) is 0 Å². The summed E-state index contributed by atoms with van der Waals surface area (Å²) in [6.07, 6.45) is 0.170. The molecule has 8 nitrogen and oxygen atoms in total. The van der Waals surface area contributed by atoms with Crippen LogP contribution in [0.2, 0.25) is 5.02 Å². The number of hydrogen-bond donors (Lipinski definition) is 2. The molecule has 1 aromatic heterocycles. The van der Waals surface area contributed by atoms with E-state index >= 15 is 0 Å². The van der Waals surface area contributed by atoms with E-state index in [2.05, 4.69) is 15.3 Å². The van der Waals surface area contributed by atoms with E-state index in [0.29, 0.717) is 16.7 Å². The van der Waals surface area contributed by atoms with Crippen molar-refractivity contribution >= 4 is 50.8 Å². The number of carbonyl (C=O) groups is 1. The highest BCUT2D eigenvalue weighted by Crippen LogP contribution is 2.26. The molecule has 0 radical (unpaired) electrons. The minimum absolute atomic E-state index is 0.0465. The Morgan fingerprint density at radius 2 is 2.00 bits per heavy atom. The number of aromatic nitrogens is 2. The fourth-order valence-electron chi connectivity index (χ4n) is 2.05. The average molecular weight is 430 g/mol. The molecular formula is C16H20ClN5O3S2. The molecule has 0 spiro atoms. The highest BCUT2D eigenvalue weighted by atomic mass is 35.5. The van der Waals surface area contributed by atoms with E-state index in [1.807, 2.05) is 6.92 Å². The fraction of sp³-hybridized carbons (Fsp3) is 0.312. The maximum atomic E-state index is 12.2. The van der Waals surface area contributed by atoms with Crippen LogP contribution in [0.25, 0.3) is 0 Å². The molecule has 2 aromatic rings. The van der Waals surface area contributed by atoms with Crippen LogP contribution in [-0.4, -0.2) is 48.4 Å². The van der Waals surface area contributed by atoms with Crippen LogP contribution < -0.4 is 11.1 Å². The summed E-state index contributed by atoms with van der Waals surface area (Å²) in [5.74, 6) is 0.506. The zero-order chi connectivity index (χ0) is 20.2. The Labute approximate surface area is 167 Å². The van der Waals surface area contributed by atoms with Gasteiger partial charge in [-0.1, -0.05) is 23.4 Å². The van der Waals surface area contributed by atoms with Crippen LogP contribution >= 0.6 is 23.4 Å². The smallest absolute Gasteiger partial charge is 0.242 e. The van der Waals surface area contributed by atoms with Crippen molar-refractivity contribution in [3.05, 3.63) is 35.0 Å². The Morgan fingerprint density at radius 1 is 1.30 bits per heavy atom. The summed E-state index contributed by atoms with van der Waals surface area (Å²) in [6.45, 7) is 1.81. The van der Waals surface area contributed by atoms with E-state index in [4.69, 9.17) is 17.3 Å². The lowest BCUT2D eigenvalue weighted by Gasteiger charge is -2.13. The fourth-order valence-corrected chi connectivity index (χ4v) is 3.99. The molecule has 1 aromatic carbocycles. The van der Waals surface area contributed by atoms with Gasteiger partial charge in [0.2, 0.25) is 15.9 Å². The van der Waals surface area contributed by atoms with Gasteiger partial charge in [-0.05, 0) is 25.1 Å². The summed E-state index contributed by atoms with van der Waals surface area (Å²) in [7, 11) is -0.762. The maximum Gasteiger partial charge on any atom is 0.242 e. The topological polar surface area (TPSA) is 118 Å². The first kappa shape index (κ1) is 21.4. The largest absolute Gasteiger partial charge is 0.384 e. The lowest BCUT2D eigenvalue weighted by Crippen LogP contribution is -2.22. The number of nitrogens with zero attached hydrogens (tertiary/aromatic N) is 3. The number of thioether (sulfide) groups is 1. The Kier molecular flexibility index (Phi) is 7.04. The van der Waals surface area contributed by atoms with Gasteiger partial charge in [0.25, 0.3) is 0 Å². The average Bonchev–Trinajstić information content (AvgIpc) is 2.55. The van der Waals surface area contributed by atoms with Crippen LogP contribution in [0.1, 0.15) is 12.1 Å². The first-order chi connectivity index (χ1) is 12.6. The number of halogens is 1. The lowest BCUT2D eigenvalue weighted by molar-refractivity contribution is -0.115. The van der Waals surface area contributed by atoms with Crippen LogP contribution in [0.4, 0.5) is 11.5 Å². The highest BCUT2D eigenvalue weighted by molar-refractivity contribution is 7.99. The van der Waals surface area contributed by atoms with Gasteiger partial charge in [-0.25, -0.2) is 22.7 Å². The van der Waals surface area contributed by atoms with Crippen molar-refractivity contribution in [2.24, 2.45) is 0 Å². The van der Waals surface area contributed by atoms with Crippen LogP contribution in [0, 0.1) is 6.92 Å². The molecule has 1 amide bonds. The second-order valence-corrected chi connectivity index (χ2v) is 9.41. The van der Waals surface area contributed by atoms with Gasteiger partial charge in [0, 0.05) is 38.0 Å². The van der Waals surface area contributed by atoms with Gasteiger partial charge in [-0.15, -0.1) is 0 Å². The lowest BCUT2D eigenvalue weighted by atomic mass is 10.3. The normalized spacial score (nSPS) is 11.6. The molecule has 2 rings (SSSR count). The second-order valence-electron chi connectivity index (χ2n) is 5.79. The number of nitrogens with two attached hydrogens (primary N) is 1. The number of hydrogen-bond acceptors (Lipinski definition) is 7. The standard InChI is InChI=1S/C16H20ClN5O3S2/c1-10-8-14(18)21-16(19-10)26-7-6-15(23)20-13-9-11(4-5-12(13)17)27(24,25)22(2)3/h4-5,8-9H,6-7H2,1-3H3,(H,20,23)(H2,18,19,21). The van der Waals surface area contributed by atoms with Crippen LogP contribution in [0.3, 0.4) is 0 Å². The molecule has 0 aliphatic rings. The molecule has 0 unspecified atom stereocenters. The minimum Gasteiger partial charge on any atom is -0.384 e. The van der Waals surface area contributed by atoms with Gasteiger partial charge >= 0.3 is 0 Å². The third-order valence-electron chi connectivity index (χ3n) is 3.40. The number of aryl methyl sites for hydroxylation is 1. The monoisotopic (exact) mass is 429 g/mol. The van der Waals surface area contributed by atoms with E-state index in [-0.39, 0.29) is 27.9 Å². The van der Waals surface area contributed by atoms with Crippen molar-refractivity contribution < 1.29 is 13.2 Å². The van der Waals surface area contributed by atoms with Crippen LogP contribution in [-0.2, 0) is 14.8 Å². The molecule has 0 bridgehead atoms. The van der Waals surface area contributed by atoms with Gasteiger partial charge in [-0.2, -0.15) is 0 Å². The number of rotatable bonds is 7. The van der Waals surface area contributed by atoms with Gasteiger partial charge in [0.1, 0.15) is 5.82 Å². The number of benzene rings is 1. The summed E-state index contributed by atoms with van der Waals surface area (Å²) in [6, 6.07) is 5.83. The van der Waals surface area contributed by atoms with Gasteiger partial charge in [0.15, 0.2) is 5.16 Å². The number of amides is 1. The highest BCUT2D eigenvalue weighted by Gasteiger charge is 2.19. The molecule has 3 N–H and O–H groups in total. The Morgan fingerprint density at radius 3 is 2.63 bits per heavy atom. The van der Waals surface area contributed by atoms with Crippen LogP contribution in [0.15, 0.2) is 34.3 Å². The van der Waals surface area contributed by atoms with Crippen molar-refractivity contribution in [2.75, 3.05) is 30.9 Å². The van der Waals surface area contributed by atoms with Crippen LogP contribution in [0.5, 0.6) is 0 Å². The van der Waals surface area contributed by atoms with E-state index < -0.39 is 10.0 Å². The predicted molar refractivity (Wildman–Crippen MR) is 107 cm³/mol. The third-order valence-corrected chi connectivity index (χ3v) is 6.39. The molecule has 0 aliphatic carbocycles. The van der Waals surface area contributed by atoms with E-state index in [0.717, 1.165) is 10.00 Å². The Balaban J connectivity index is 2.01. The first-order valence-electron chi connectivity index (χ1n) is 7.85. The van der Waals surface area contributed by atoms with Crippen molar-refractivity contribution in [3.63, 3.8) is 0 Å². The molecule has 0 atom stereocenters. The van der Waals surface area contributed by atoms with E-state index in [1.54, 1.807) is 6.07 Å². The van der Waals surface area contributed by atoms with E-state index in [9.17, 15) is 13.2 Å². The molecule has 1 heterocycles. The quantitative estimate of drug-likeness (QED) is 0.512. The molecular weight excluding hydrogens is 410 g/mol.